The van der Waals surface area contributed by atoms with Crippen LogP contribution in [0.15, 0.2) is 21.8 Å². The minimum absolute atomic E-state index is 0.0945. The summed E-state index contributed by atoms with van der Waals surface area (Å²) in [6, 6.07) is 2.95. The van der Waals surface area contributed by atoms with Gasteiger partial charge in [-0.25, -0.2) is 9.78 Å². The van der Waals surface area contributed by atoms with E-state index in [-0.39, 0.29) is 36.6 Å². The minimum Gasteiger partial charge on any atom is -0.458 e. The van der Waals surface area contributed by atoms with Crippen LogP contribution in [0.1, 0.15) is 34.4 Å². The summed E-state index contributed by atoms with van der Waals surface area (Å²) >= 11 is 1.50. The van der Waals surface area contributed by atoms with Crippen molar-refractivity contribution in [1.82, 2.24) is 14.9 Å². The number of esters is 1. The van der Waals surface area contributed by atoms with Gasteiger partial charge in [0.1, 0.15) is 13.2 Å². The molecule has 2 aromatic heterocycles. The second-order valence-corrected chi connectivity index (χ2v) is 9.67. The zero-order valence-corrected chi connectivity index (χ0v) is 18.8. The van der Waals surface area contributed by atoms with Crippen LogP contribution >= 0.6 is 11.8 Å². The number of hydrogen-bond donors (Lipinski definition) is 3. The molecule has 0 radical (unpaired) electrons. The predicted octanol–water partition coefficient (Wildman–Crippen LogP) is 0.499. The Morgan fingerprint density at radius 3 is 2.91 bits per heavy atom. The maximum atomic E-state index is 13.4. The van der Waals surface area contributed by atoms with Gasteiger partial charge in [0.05, 0.1) is 40.0 Å². The number of benzene rings is 1. The normalized spacial score (nSPS) is 20.8. The van der Waals surface area contributed by atoms with E-state index in [2.05, 4.69) is 5.32 Å². The van der Waals surface area contributed by atoms with E-state index in [0.29, 0.717) is 34.2 Å². The van der Waals surface area contributed by atoms with Gasteiger partial charge in [-0.15, -0.1) is 11.8 Å². The number of amides is 1. The lowest BCUT2D eigenvalue weighted by Gasteiger charge is -2.28. The molecule has 2 atom stereocenters. The summed E-state index contributed by atoms with van der Waals surface area (Å²) in [4.78, 5) is 43.2. The standard InChI is InChI=1S/C23H17N3O8S/c27-4-15(28)24-12-6-35-21-17-11(2-14-20(21)34-7-33-14)25-18-9(16(12)17)3-26-13(18)1-8-10(22(26)30)5-32-23(31)19(8)29/h1-2,12,19,27,29H,3-7H2,(H,24,28). The highest BCUT2D eigenvalue weighted by atomic mass is 32.2. The van der Waals surface area contributed by atoms with E-state index >= 15 is 0 Å². The maximum absolute atomic E-state index is 13.4. The molecule has 4 aliphatic heterocycles. The molecule has 0 bridgehead atoms. The van der Waals surface area contributed by atoms with Crippen molar-refractivity contribution >= 4 is 34.5 Å². The third-order valence-corrected chi connectivity index (χ3v) is 7.98. The Hall–Kier alpha value is -3.61. The molecular formula is C23H17N3O8S. The molecule has 1 aromatic carbocycles. The molecule has 0 saturated heterocycles. The number of hydrogen-bond acceptors (Lipinski definition) is 10. The number of aliphatic hydroxyl groups is 2. The van der Waals surface area contributed by atoms with Gasteiger partial charge in [0.2, 0.25) is 12.7 Å². The number of ether oxygens (including phenoxy) is 3. The Kier molecular flexibility index (Phi) is 4.26. The first-order chi connectivity index (χ1) is 17.0. The molecule has 2 unspecified atom stereocenters. The molecule has 0 fully saturated rings. The van der Waals surface area contributed by atoms with E-state index in [0.717, 1.165) is 21.4 Å². The van der Waals surface area contributed by atoms with Gasteiger partial charge in [0, 0.05) is 28.3 Å². The van der Waals surface area contributed by atoms with E-state index in [4.69, 9.17) is 19.2 Å². The van der Waals surface area contributed by atoms with E-state index in [1.54, 1.807) is 16.7 Å². The van der Waals surface area contributed by atoms with Gasteiger partial charge in [-0.05, 0) is 11.6 Å². The largest absolute Gasteiger partial charge is 0.458 e. The van der Waals surface area contributed by atoms with Crippen molar-refractivity contribution in [2.45, 2.75) is 30.2 Å². The molecule has 6 heterocycles. The van der Waals surface area contributed by atoms with Crippen molar-refractivity contribution in [2.24, 2.45) is 0 Å². The zero-order valence-electron chi connectivity index (χ0n) is 18.0. The molecule has 0 saturated carbocycles. The highest BCUT2D eigenvalue weighted by Crippen LogP contribution is 2.53. The second kappa shape index (κ2) is 7.20. The fraction of sp³-hybridized carbons (Fsp3) is 0.304. The van der Waals surface area contributed by atoms with Crippen molar-refractivity contribution < 1.29 is 34.0 Å². The number of carbonyl (C=O) groups excluding carboxylic acids is 2. The van der Waals surface area contributed by atoms with E-state index in [1.165, 1.54) is 11.8 Å². The smallest absolute Gasteiger partial charge is 0.340 e. The highest BCUT2D eigenvalue weighted by molar-refractivity contribution is 7.99. The molecule has 12 heteroatoms. The Balaban J connectivity index is 1.52. The number of cyclic esters (lactones) is 1. The van der Waals surface area contributed by atoms with Gasteiger partial charge < -0.3 is 34.3 Å². The number of pyridine rings is 2. The number of aliphatic hydroxyl groups excluding tert-OH is 2. The molecule has 178 valence electrons. The summed E-state index contributed by atoms with van der Waals surface area (Å²) < 4.78 is 17.8. The first kappa shape index (κ1) is 20.7. The third kappa shape index (κ3) is 2.75. The topological polar surface area (TPSA) is 149 Å². The average molecular weight is 495 g/mol. The van der Waals surface area contributed by atoms with Crippen LogP contribution in [-0.4, -0.2) is 50.8 Å². The molecule has 4 aliphatic rings. The van der Waals surface area contributed by atoms with Crippen molar-refractivity contribution in [2.75, 3.05) is 19.2 Å². The van der Waals surface area contributed by atoms with Crippen molar-refractivity contribution in [1.29, 1.82) is 0 Å². The molecule has 0 aliphatic carbocycles. The van der Waals surface area contributed by atoms with Crippen LogP contribution < -0.4 is 20.3 Å². The van der Waals surface area contributed by atoms with Crippen LogP contribution in [0.25, 0.3) is 22.3 Å². The van der Waals surface area contributed by atoms with Crippen LogP contribution in [-0.2, 0) is 27.5 Å². The Morgan fingerprint density at radius 2 is 2.09 bits per heavy atom. The quantitative estimate of drug-likeness (QED) is 0.336. The van der Waals surface area contributed by atoms with Crippen LogP contribution in [0, 0.1) is 0 Å². The number of carbonyl (C=O) groups is 2. The fourth-order valence-electron chi connectivity index (χ4n) is 5.27. The van der Waals surface area contributed by atoms with Crippen molar-refractivity contribution in [3.8, 4) is 22.9 Å². The summed E-state index contributed by atoms with van der Waals surface area (Å²) in [6.07, 6.45) is -1.55. The Labute approximate surface area is 200 Å². The van der Waals surface area contributed by atoms with Crippen LogP contribution in [0.3, 0.4) is 0 Å². The van der Waals surface area contributed by atoms with Gasteiger partial charge >= 0.3 is 5.97 Å². The van der Waals surface area contributed by atoms with Crippen molar-refractivity contribution in [3.63, 3.8) is 0 Å². The van der Waals surface area contributed by atoms with Gasteiger partial charge in [0.15, 0.2) is 17.6 Å². The third-order valence-electron chi connectivity index (χ3n) is 6.80. The van der Waals surface area contributed by atoms with Crippen LogP contribution in [0.2, 0.25) is 0 Å². The molecule has 3 N–H and O–H groups in total. The number of nitrogens with one attached hydrogen (secondary N) is 1. The van der Waals surface area contributed by atoms with E-state index < -0.39 is 30.6 Å². The molecule has 0 spiro atoms. The maximum Gasteiger partial charge on any atom is 0.340 e. The first-order valence-electron chi connectivity index (χ1n) is 10.9. The molecule has 7 rings (SSSR count). The fourth-order valence-corrected chi connectivity index (χ4v) is 6.50. The molecule has 35 heavy (non-hydrogen) atoms. The molecule has 11 nitrogen and oxygen atoms in total. The molecular weight excluding hydrogens is 478 g/mol. The zero-order chi connectivity index (χ0) is 24.0. The summed E-state index contributed by atoms with van der Waals surface area (Å²) in [5.74, 6) is 0.352. The summed E-state index contributed by atoms with van der Waals surface area (Å²) in [5, 5.41) is 23.4. The van der Waals surface area contributed by atoms with Crippen LogP contribution in [0.5, 0.6) is 11.5 Å². The minimum atomic E-state index is -1.55. The molecule has 3 aromatic rings. The van der Waals surface area contributed by atoms with Crippen molar-refractivity contribution in [3.05, 3.63) is 44.7 Å². The van der Waals surface area contributed by atoms with E-state index in [9.17, 15) is 24.6 Å². The second-order valence-electron chi connectivity index (χ2n) is 8.64. The van der Waals surface area contributed by atoms with Gasteiger partial charge in [-0.1, -0.05) is 0 Å². The number of fused-ring (bicyclic) bond motifs is 7. The van der Waals surface area contributed by atoms with Gasteiger partial charge in [-0.3, -0.25) is 9.59 Å². The van der Waals surface area contributed by atoms with Crippen LogP contribution in [0.4, 0.5) is 0 Å². The number of thioether (sulfide) groups is 1. The lowest BCUT2D eigenvalue weighted by atomic mass is 9.94. The lowest BCUT2D eigenvalue weighted by Crippen LogP contribution is -2.34. The number of rotatable bonds is 2. The lowest BCUT2D eigenvalue weighted by molar-refractivity contribution is -0.157. The highest BCUT2D eigenvalue weighted by Gasteiger charge is 2.38. The summed E-state index contributed by atoms with van der Waals surface area (Å²) in [7, 11) is 0. The average Bonchev–Trinajstić information content (AvgIpc) is 3.47. The van der Waals surface area contributed by atoms with E-state index in [1.807, 2.05) is 0 Å². The monoisotopic (exact) mass is 495 g/mol. The summed E-state index contributed by atoms with van der Waals surface area (Å²) in [5.41, 5.74) is 3.23. The van der Waals surface area contributed by atoms with Gasteiger partial charge in [-0.2, -0.15) is 0 Å². The first-order valence-corrected chi connectivity index (χ1v) is 11.9. The Bertz CT molecular complexity index is 1570. The SMILES string of the molecule is O=C(CO)NC1CSc2c3c(cc4nc5c(c1c24)Cn1c-5cc2c(c1=O)COC(=O)C2O)OCO3. The predicted molar refractivity (Wildman–Crippen MR) is 120 cm³/mol. The Morgan fingerprint density at radius 1 is 1.23 bits per heavy atom. The number of aromatic nitrogens is 2. The molecule has 1 amide bonds. The summed E-state index contributed by atoms with van der Waals surface area (Å²) in [6.45, 7) is -0.565. The number of nitrogens with zero attached hydrogens (tertiary/aromatic N) is 2. The van der Waals surface area contributed by atoms with Gasteiger partial charge in [0.25, 0.3) is 5.56 Å².